The van der Waals surface area contributed by atoms with Gasteiger partial charge in [0, 0.05) is 55.6 Å². The van der Waals surface area contributed by atoms with Gasteiger partial charge in [-0.1, -0.05) is 217 Å². The lowest BCUT2D eigenvalue weighted by Gasteiger charge is -2.33. The highest BCUT2D eigenvalue weighted by molar-refractivity contribution is 6.09. The number of para-hydroxylation sites is 3. The number of ether oxygens (including phenoxy) is 1. The normalized spacial score (nSPS) is 13.8. The van der Waals surface area contributed by atoms with Gasteiger partial charge < -0.3 is 14.5 Å². The van der Waals surface area contributed by atoms with Crippen LogP contribution in [0.3, 0.4) is 0 Å². The number of anilines is 4. The third-order valence-electron chi connectivity index (χ3n) is 16.5. The predicted octanol–water partition coefficient (Wildman–Crippen LogP) is 21.4. The third kappa shape index (κ3) is 10.2. The minimum atomic E-state index is -2.40. The van der Waals surface area contributed by atoms with E-state index < -0.39 is 6.85 Å². The molecule has 0 fully saturated rings. The maximum Gasteiger partial charge on any atom is 0.137 e. The summed E-state index contributed by atoms with van der Waals surface area (Å²) in [6.45, 7) is 25.6. The Morgan fingerprint density at radius 3 is 1.70 bits per heavy atom. The van der Waals surface area contributed by atoms with E-state index in [2.05, 4.69) is 255 Å². The fourth-order valence-electron chi connectivity index (χ4n) is 11.8. The third-order valence-corrected chi connectivity index (χ3v) is 16.5. The van der Waals surface area contributed by atoms with Crippen molar-refractivity contribution in [2.45, 2.75) is 112 Å². The molecule has 0 N–H and O–H groups in total. The Balaban J connectivity index is 0.957. The molecule has 3 heterocycles. The maximum absolute atomic E-state index is 8.76. The van der Waals surface area contributed by atoms with Crippen molar-refractivity contribution in [2.24, 2.45) is 0 Å². The largest absolute Gasteiger partial charge is 0.457 e. The summed E-state index contributed by atoms with van der Waals surface area (Å²) >= 11 is 0. The molecule has 1 aliphatic heterocycles. The van der Waals surface area contributed by atoms with Gasteiger partial charge in [0.15, 0.2) is 0 Å². The zero-order valence-corrected chi connectivity index (χ0v) is 49.6. The smallest absolute Gasteiger partial charge is 0.137 e. The van der Waals surface area contributed by atoms with Crippen molar-refractivity contribution in [2.75, 3.05) is 16.5 Å². The second-order valence-corrected chi connectivity index (χ2v) is 26.4. The molecular formula is C77H76N4O. The Bertz CT molecular complexity index is 4320. The first-order valence-corrected chi connectivity index (χ1v) is 28.9. The summed E-state index contributed by atoms with van der Waals surface area (Å²) in [5, 5.41) is 2.04. The minimum absolute atomic E-state index is 0.0298. The maximum atomic E-state index is 8.76. The Morgan fingerprint density at radius 2 is 1.00 bits per heavy atom. The number of hydrogen-bond donors (Lipinski definition) is 0. The number of rotatable bonds is 9. The van der Waals surface area contributed by atoms with Crippen LogP contribution < -0.4 is 14.5 Å². The van der Waals surface area contributed by atoms with E-state index in [1.807, 2.05) is 42.5 Å². The molecule has 0 spiro atoms. The molecule has 1 aliphatic rings. The van der Waals surface area contributed by atoms with Gasteiger partial charge in [-0.3, -0.25) is 4.57 Å². The zero-order chi connectivity index (χ0) is 60.0. The van der Waals surface area contributed by atoms with Crippen LogP contribution in [0, 0.1) is 6.85 Å². The molecule has 0 atom stereocenters. The number of pyridine rings is 1. The van der Waals surface area contributed by atoms with Gasteiger partial charge in [0.25, 0.3) is 0 Å². The van der Waals surface area contributed by atoms with Crippen molar-refractivity contribution in [3.63, 3.8) is 0 Å². The van der Waals surface area contributed by atoms with Crippen LogP contribution >= 0.6 is 0 Å². The fourth-order valence-corrected chi connectivity index (χ4v) is 11.8. The van der Waals surface area contributed by atoms with Crippen LogP contribution in [0.5, 0.6) is 11.5 Å². The quantitative estimate of drug-likeness (QED) is 0.144. The minimum Gasteiger partial charge on any atom is -0.457 e. The lowest BCUT2D eigenvalue weighted by Crippen LogP contribution is -2.26. The molecule has 82 heavy (non-hydrogen) atoms. The Labute approximate surface area is 490 Å². The van der Waals surface area contributed by atoms with Gasteiger partial charge >= 0.3 is 0 Å². The molecule has 5 heteroatoms. The van der Waals surface area contributed by atoms with E-state index in [4.69, 9.17) is 13.8 Å². The van der Waals surface area contributed by atoms with Crippen LogP contribution in [-0.4, -0.2) is 16.2 Å². The summed E-state index contributed by atoms with van der Waals surface area (Å²) in [5.41, 5.74) is 19.6. The monoisotopic (exact) mass is 1080 g/mol. The number of hydrogen-bond acceptors (Lipinski definition) is 4. The highest BCUT2D eigenvalue weighted by Crippen LogP contribution is 2.53. The summed E-state index contributed by atoms with van der Waals surface area (Å²) in [6.07, 6.45) is 1.71. The molecule has 11 aromatic rings. The molecule has 0 unspecified atom stereocenters. The van der Waals surface area contributed by atoms with Crippen LogP contribution in [0.2, 0.25) is 0 Å². The standard InChI is InChI=1S/C77H76N4O/c1-50-42-72(78-48-66(50)54-34-36-55(37-35-54)74(2,3)4)81-68-27-18-17-26-62(68)63-41-39-60(47-71(63)81)82-59-25-21-24-58(46-59)79-49-80(70-29-20-19-28-69(70)79)73-64(53-32-30-52(31-33-53)51-22-15-14-16-23-51)43-57(76(8,9)10)44-65(73)61-40-38-56(75(5,6)7)45-67(61)77(11,12)13/h14-48H,49H2,1-13H3/i1D3. The van der Waals surface area contributed by atoms with Crippen LogP contribution in [0.25, 0.3) is 72.1 Å². The summed E-state index contributed by atoms with van der Waals surface area (Å²) in [4.78, 5) is 9.95. The van der Waals surface area contributed by atoms with E-state index in [1.165, 1.54) is 50.1 Å². The van der Waals surface area contributed by atoms with Gasteiger partial charge in [0.05, 0.1) is 28.1 Å². The van der Waals surface area contributed by atoms with Crippen molar-refractivity contribution >= 4 is 44.6 Å². The molecule has 0 bridgehead atoms. The number of fused-ring (bicyclic) bond motifs is 4. The fraction of sp³-hybridized carbons (Fsp3) is 0.234. The second-order valence-electron chi connectivity index (χ2n) is 26.4. The number of aromatic nitrogens is 2. The number of aryl methyl sites for hydroxylation is 1. The van der Waals surface area contributed by atoms with E-state index >= 15 is 0 Å². The first-order valence-electron chi connectivity index (χ1n) is 30.4. The average Bonchev–Trinajstić information content (AvgIpc) is 1.84. The molecule has 9 aromatic carbocycles. The molecule has 0 radical (unpaired) electrons. The number of nitrogens with zero attached hydrogens (tertiary/aromatic N) is 4. The molecular weight excluding hydrogens is 997 g/mol. The summed E-state index contributed by atoms with van der Waals surface area (Å²) < 4.78 is 35.2. The second kappa shape index (κ2) is 20.4. The van der Waals surface area contributed by atoms with Crippen molar-refractivity contribution in [3.05, 3.63) is 240 Å². The predicted molar refractivity (Wildman–Crippen MR) is 348 cm³/mol. The van der Waals surface area contributed by atoms with Crippen molar-refractivity contribution in [1.82, 2.24) is 9.55 Å². The molecule has 410 valence electrons. The van der Waals surface area contributed by atoms with Crippen LogP contribution in [0.15, 0.2) is 212 Å². The molecule has 2 aromatic heterocycles. The highest BCUT2D eigenvalue weighted by atomic mass is 16.5. The van der Waals surface area contributed by atoms with E-state index in [-0.39, 0.29) is 27.2 Å². The van der Waals surface area contributed by atoms with Gasteiger partial charge in [0.2, 0.25) is 0 Å². The zero-order valence-electron chi connectivity index (χ0n) is 52.6. The first-order chi connectivity index (χ1) is 40.3. The highest BCUT2D eigenvalue weighted by Gasteiger charge is 2.35. The number of benzene rings is 9. The Kier molecular flexibility index (Phi) is 12.5. The van der Waals surface area contributed by atoms with Gasteiger partial charge in [0.1, 0.15) is 24.0 Å². The van der Waals surface area contributed by atoms with Crippen molar-refractivity contribution in [1.29, 1.82) is 0 Å². The summed E-state index contributed by atoms with van der Waals surface area (Å²) in [7, 11) is 0. The molecule has 0 saturated carbocycles. The van der Waals surface area contributed by atoms with Crippen LogP contribution in [0.1, 0.15) is 115 Å². The lowest BCUT2D eigenvalue weighted by molar-refractivity contribution is 0.483. The molecule has 0 saturated heterocycles. The lowest BCUT2D eigenvalue weighted by atomic mass is 9.75. The first kappa shape index (κ1) is 50.3. The molecule has 5 nitrogen and oxygen atoms in total. The molecule has 0 amide bonds. The Morgan fingerprint density at radius 1 is 0.415 bits per heavy atom. The van der Waals surface area contributed by atoms with E-state index in [0.29, 0.717) is 29.5 Å². The SMILES string of the molecule is [2H]C([2H])([2H])c1cc(-n2c3ccccc3c3ccc(Oc4cccc(N5CN(c6c(-c7ccc(-c8ccccc8)cc7)cc(C(C)(C)C)cc6-c6ccc(C(C)(C)C)cc6C(C)(C)C)c6ccccc65)c4)cc32)ncc1-c1ccc(C(C)(C)C)cc1. The van der Waals surface area contributed by atoms with Gasteiger partial charge in [-0.05, 0) is 145 Å². The van der Waals surface area contributed by atoms with Crippen molar-refractivity contribution in [3.8, 4) is 61.8 Å². The van der Waals surface area contributed by atoms with E-state index in [1.54, 1.807) is 12.3 Å². The van der Waals surface area contributed by atoms with Crippen LogP contribution in [0.4, 0.5) is 22.7 Å². The van der Waals surface area contributed by atoms with E-state index in [0.717, 1.165) is 55.7 Å². The topological polar surface area (TPSA) is 33.5 Å². The molecule has 12 rings (SSSR count). The Hall–Kier alpha value is -8.67. The summed E-state index contributed by atoms with van der Waals surface area (Å²) in [5.74, 6) is 1.84. The summed E-state index contributed by atoms with van der Waals surface area (Å²) in [6, 6.07) is 73.3. The van der Waals surface area contributed by atoms with Gasteiger partial charge in [-0.2, -0.15) is 0 Å². The average molecular weight is 1080 g/mol. The molecule has 0 aliphatic carbocycles. The van der Waals surface area contributed by atoms with Crippen molar-refractivity contribution < 1.29 is 8.85 Å². The van der Waals surface area contributed by atoms with Gasteiger partial charge in [-0.25, -0.2) is 4.98 Å². The van der Waals surface area contributed by atoms with Crippen LogP contribution in [-0.2, 0) is 21.7 Å². The van der Waals surface area contributed by atoms with E-state index in [9.17, 15) is 0 Å². The van der Waals surface area contributed by atoms with Gasteiger partial charge in [-0.15, -0.1) is 0 Å².